The molecule has 84 valence electrons. The SMILES string of the molecule is CC(C)N(c1nc(N)nc(Cl)n1)C(C)C. The Labute approximate surface area is 94.7 Å². The van der Waals surface area contributed by atoms with E-state index in [-0.39, 0.29) is 23.3 Å². The molecule has 5 nitrogen and oxygen atoms in total. The van der Waals surface area contributed by atoms with Crippen molar-refractivity contribution >= 4 is 23.5 Å². The van der Waals surface area contributed by atoms with E-state index in [2.05, 4.69) is 42.6 Å². The Bertz CT molecular complexity index is 311. The Kier molecular flexibility index (Phi) is 3.68. The van der Waals surface area contributed by atoms with Crippen molar-refractivity contribution in [1.82, 2.24) is 15.0 Å². The molecule has 0 bridgehead atoms. The molecule has 0 radical (unpaired) electrons. The predicted octanol–water partition coefficient (Wildman–Crippen LogP) is 1.73. The van der Waals surface area contributed by atoms with Gasteiger partial charge in [0.05, 0.1) is 0 Å². The first kappa shape index (κ1) is 12.0. The molecule has 0 amide bonds. The van der Waals surface area contributed by atoms with Crippen LogP contribution >= 0.6 is 11.6 Å². The average molecular weight is 230 g/mol. The molecule has 0 spiro atoms. The van der Waals surface area contributed by atoms with Gasteiger partial charge in [0, 0.05) is 12.1 Å². The second-order valence-corrected chi connectivity index (χ2v) is 4.20. The van der Waals surface area contributed by atoms with Crippen LogP contribution in [-0.4, -0.2) is 27.0 Å². The molecule has 6 heteroatoms. The lowest BCUT2D eigenvalue weighted by atomic mass is 10.2. The largest absolute Gasteiger partial charge is 0.368 e. The molecule has 0 fully saturated rings. The molecular formula is C9H16ClN5. The van der Waals surface area contributed by atoms with Crippen molar-refractivity contribution in [3.05, 3.63) is 5.28 Å². The Morgan fingerprint density at radius 3 is 2.00 bits per heavy atom. The fraction of sp³-hybridized carbons (Fsp3) is 0.667. The maximum atomic E-state index is 5.73. The number of nitrogens with zero attached hydrogens (tertiary/aromatic N) is 4. The third kappa shape index (κ3) is 2.92. The van der Waals surface area contributed by atoms with E-state index in [1.807, 2.05) is 4.90 Å². The van der Waals surface area contributed by atoms with Crippen molar-refractivity contribution in [2.24, 2.45) is 0 Å². The fourth-order valence-electron chi connectivity index (χ4n) is 1.53. The van der Waals surface area contributed by atoms with E-state index in [1.54, 1.807) is 0 Å². The van der Waals surface area contributed by atoms with Crippen LogP contribution in [0.15, 0.2) is 0 Å². The van der Waals surface area contributed by atoms with Crippen molar-refractivity contribution in [3.63, 3.8) is 0 Å². The maximum absolute atomic E-state index is 5.73. The summed E-state index contributed by atoms with van der Waals surface area (Å²) < 4.78 is 0. The summed E-state index contributed by atoms with van der Waals surface area (Å²) in [5.41, 5.74) is 5.52. The molecule has 2 N–H and O–H groups in total. The van der Waals surface area contributed by atoms with Gasteiger partial charge >= 0.3 is 0 Å². The number of nitrogen functional groups attached to an aromatic ring is 1. The second kappa shape index (κ2) is 4.61. The zero-order chi connectivity index (χ0) is 11.6. The van der Waals surface area contributed by atoms with Crippen LogP contribution in [0.1, 0.15) is 27.7 Å². The number of nitrogens with two attached hydrogens (primary N) is 1. The molecule has 0 atom stereocenters. The average Bonchev–Trinajstić information content (AvgIpc) is 1.99. The van der Waals surface area contributed by atoms with Crippen molar-refractivity contribution in [3.8, 4) is 0 Å². The van der Waals surface area contributed by atoms with Gasteiger partial charge in [-0.2, -0.15) is 15.0 Å². The van der Waals surface area contributed by atoms with E-state index in [4.69, 9.17) is 17.3 Å². The molecular weight excluding hydrogens is 214 g/mol. The van der Waals surface area contributed by atoms with Crippen LogP contribution in [0.5, 0.6) is 0 Å². The fourth-order valence-corrected chi connectivity index (χ4v) is 1.69. The summed E-state index contributed by atoms with van der Waals surface area (Å²) in [5.74, 6) is 0.675. The molecule has 0 saturated carbocycles. The normalized spacial score (nSPS) is 11.1. The zero-order valence-corrected chi connectivity index (χ0v) is 10.2. The molecule has 1 aromatic heterocycles. The molecule has 0 aliphatic rings. The number of aromatic nitrogens is 3. The molecule has 1 heterocycles. The van der Waals surface area contributed by atoms with Crippen molar-refractivity contribution in [1.29, 1.82) is 0 Å². The van der Waals surface area contributed by atoms with Gasteiger partial charge in [-0.3, -0.25) is 0 Å². The Hall–Kier alpha value is -1.10. The number of halogens is 1. The van der Waals surface area contributed by atoms with Gasteiger partial charge in [0.25, 0.3) is 0 Å². The van der Waals surface area contributed by atoms with Crippen LogP contribution in [0.3, 0.4) is 0 Å². The van der Waals surface area contributed by atoms with Crippen LogP contribution in [-0.2, 0) is 0 Å². The molecule has 0 unspecified atom stereocenters. The highest BCUT2D eigenvalue weighted by Gasteiger charge is 2.18. The molecule has 15 heavy (non-hydrogen) atoms. The van der Waals surface area contributed by atoms with Gasteiger partial charge in [-0.05, 0) is 39.3 Å². The van der Waals surface area contributed by atoms with Crippen LogP contribution in [0.4, 0.5) is 11.9 Å². The van der Waals surface area contributed by atoms with Gasteiger partial charge in [-0.25, -0.2) is 0 Å². The van der Waals surface area contributed by atoms with Crippen LogP contribution in [0.2, 0.25) is 5.28 Å². The zero-order valence-electron chi connectivity index (χ0n) is 9.40. The van der Waals surface area contributed by atoms with E-state index in [0.29, 0.717) is 5.95 Å². The summed E-state index contributed by atoms with van der Waals surface area (Å²) in [5, 5.41) is 0.129. The lowest BCUT2D eigenvalue weighted by molar-refractivity contribution is 0.590. The number of hydrogen-bond acceptors (Lipinski definition) is 5. The van der Waals surface area contributed by atoms with Gasteiger partial charge in [-0.15, -0.1) is 0 Å². The summed E-state index contributed by atoms with van der Waals surface area (Å²) >= 11 is 5.73. The summed E-state index contributed by atoms with van der Waals surface area (Å²) in [6, 6.07) is 0.561. The molecule has 1 aromatic rings. The van der Waals surface area contributed by atoms with E-state index >= 15 is 0 Å². The van der Waals surface area contributed by atoms with Gasteiger partial charge in [0.1, 0.15) is 0 Å². The van der Waals surface area contributed by atoms with Crippen LogP contribution in [0, 0.1) is 0 Å². The quantitative estimate of drug-likeness (QED) is 0.855. The van der Waals surface area contributed by atoms with E-state index in [9.17, 15) is 0 Å². The number of rotatable bonds is 3. The Morgan fingerprint density at radius 1 is 1.07 bits per heavy atom. The van der Waals surface area contributed by atoms with Crippen LogP contribution in [0.25, 0.3) is 0 Å². The summed E-state index contributed by atoms with van der Waals surface area (Å²) in [6.45, 7) is 8.25. The number of hydrogen-bond donors (Lipinski definition) is 1. The van der Waals surface area contributed by atoms with E-state index in [0.717, 1.165) is 0 Å². The standard InChI is InChI=1S/C9H16ClN5/c1-5(2)15(6(3)4)9-13-7(10)12-8(11)14-9/h5-6H,1-4H3,(H2,11,12,13,14). The van der Waals surface area contributed by atoms with Crippen molar-refractivity contribution in [2.45, 2.75) is 39.8 Å². The monoisotopic (exact) mass is 229 g/mol. The van der Waals surface area contributed by atoms with Gasteiger partial charge < -0.3 is 10.6 Å². The minimum atomic E-state index is 0.129. The first-order valence-corrected chi connectivity index (χ1v) is 5.25. The molecule has 0 aliphatic carbocycles. The van der Waals surface area contributed by atoms with E-state index < -0.39 is 0 Å². The second-order valence-electron chi connectivity index (χ2n) is 3.86. The molecule has 0 aromatic carbocycles. The topological polar surface area (TPSA) is 67.9 Å². The first-order valence-electron chi connectivity index (χ1n) is 4.87. The lowest BCUT2D eigenvalue weighted by Crippen LogP contribution is -2.38. The highest BCUT2D eigenvalue weighted by Crippen LogP contribution is 2.17. The highest BCUT2D eigenvalue weighted by molar-refractivity contribution is 6.28. The van der Waals surface area contributed by atoms with Crippen molar-refractivity contribution < 1.29 is 0 Å². The van der Waals surface area contributed by atoms with Gasteiger partial charge in [0.15, 0.2) is 0 Å². The molecule has 0 saturated heterocycles. The third-order valence-electron chi connectivity index (χ3n) is 1.96. The summed E-state index contributed by atoms with van der Waals surface area (Å²) in [6.07, 6.45) is 0. The summed E-state index contributed by atoms with van der Waals surface area (Å²) in [4.78, 5) is 13.9. The van der Waals surface area contributed by atoms with Crippen molar-refractivity contribution in [2.75, 3.05) is 10.6 Å². The van der Waals surface area contributed by atoms with Gasteiger partial charge in [0.2, 0.25) is 17.2 Å². The summed E-state index contributed by atoms with van der Waals surface area (Å²) in [7, 11) is 0. The number of anilines is 2. The molecule has 1 rings (SSSR count). The third-order valence-corrected chi connectivity index (χ3v) is 2.13. The molecule has 0 aliphatic heterocycles. The smallest absolute Gasteiger partial charge is 0.231 e. The minimum absolute atomic E-state index is 0.129. The Morgan fingerprint density at radius 2 is 1.60 bits per heavy atom. The van der Waals surface area contributed by atoms with E-state index in [1.165, 1.54) is 0 Å². The Balaban J connectivity index is 3.11. The maximum Gasteiger partial charge on any atom is 0.231 e. The lowest BCUT2D eigenvalue weighted by Gasteiger charge is -2.30. The van der Waals surface area contributed by atoms with Crippen LogP contribution < -0.4 is 10.6 Å². The predicted molar refractivity (Wildman–Crippen MR) is 62.0 cm³/mol. The first-order chi connectivity index (χ1) is 6.91. The highest BCUT2D eigenvalue weighted by atomic mass is 35.5. The van der Waals surface area contributed by atoms with Gasteiger partial charge in [-0.1, -0.05) is 0 Å². The minimum Gasteiger partial charge on any atom is -0.368 e.